The standard InChI is InChI=1S/C29H23ClN8O/c1-15-11-19-13-18(28(33)39)8-9-20(19)27(32)38(15)23(12-16-5-3-2-4-6-16)29-34-24(25(30)35-29)17-7-10-21-22(14-17)36-37-26(21)31/h2-14H,1H3,(H7,31,32,33,34,35,36,37,39)/p+1. The first-order chi connectivity index (χ1) is 18.8. The van der Waals surface area contributed by atoms with Gasteiger partial charge in [0.1, 0.15) is 16.5 Å². The molecule has 0 saturated carbocycles. The zero-order chi connectivity index (χ0) is 27.3. The number of carbonyl (C=O) groups is 1. The number of nitrogens with two attached hydrogens (primary N) is 3. The molecule has 10 heteroatoms. The van der Waals surface area contributed by atoms with Gasteiger partial charge in [0.25, 0.3) is 5.82 Å². The molecular weight excluding hydrogens is 512 g/mol. The van der Waals surface area contributed by atoms with Gasteiger partial charge in [0.2, 0.25) is 5.91 Å². The largest absolute Gasteiger partial charge is 0.382 e. The van der Waals surface area contributed by atoms with Crippen molar-refractivity contribution >= 4 is 62.6 Å². The summed E-state index contributed by atoms with van der Waals surface area (Å²) in [7, 11) is 0. The Morgan fingerprint density at radius 3 is 2.54 bits per heavy atom. The number of carbonyl (C=O) groups excluding carboxylic acids is 1. The van der Waals surface area contributed by atoms with Crippen LogP contribution in [-0.4, -0.2) is 26.1 Å². The van der Waals surface area contributed by atoms with Gasteiger partial charge in [-0.05, 0) is 60.3 Å². The molecule has 39 heavy (non-hydrogen) atoms. The normalized spacial score (nSPS) is 11.9. The Bertz CT molecular complexity index is 1940. The molecule has 0 unspecified atom stereocenters. The highest BCUT2D eigenvalue weighted by atomic mass is 35.5. The Morgan fingerprint density at radius 2 is 1.77 bits per heavy atom. The number of nitrogens with zero attached hydrogens (tertiary/aromatic N) is 3. The molecule has 0 saturated heterocycles. The lowest BCUT2D eigenvalue weighted by Crippen LogP contribution is -2.40. The van der Waals surface area contributed by atoms with E-state index >= 15 is 0 Å². The maximum Gasteiger partial charge on any atom is 0.285 e. The van der Waals surface area contributed by atoms with E-state index in [-0.39, 0.29) is 0 Å². The van der Waals surface area contributed by atoms with Crippen LogP contribution >= 0.6 is 11.6 Å². The fourth-order valence-electron chi connectivity index (χ4n) is 4.79. The third-order valence-corrected chi connectivity index (χ3v) is 6.96. The first-order valence-electron chi connectivity index (χ1n) is 12.1. The molecule has 9 nitrogen and oxygen atoms in total. The Hall–Kier alpha value is -5.15. The van der Waals surface area contributed by atoms with Crippen molar-refractivity contribution in [1.29, 1.82) is 0 Å². The predicted molar refractivity (Wildman–Crippen MR) is 155 cm³/mol. The average Bonchev–Trinajstić information content (AvgIpc) is 3.50. The number of aryl methyl sites for hydroxylation is 1. The summed E-state index contributed by atoms with van der Waals surface area (Å²) in [4.78, 5) is 19.9. The number of halogens is 1. The molecule has 0 aliphatic rings. The topological polar surface area (TPSA) is 156 Å². The van der Waals surface area contributed by atoms with E-state index < -0.39 is 5.91 Å². The number of benzene rings is 3. The summed E-state index contributed by atoms with van der Waals surface area (Å²) in [5, 5.41) is 9.78. The van der Waals surface area contributed by atoms with Gasteiger partial charge in [-0.3, -0.25) is 15.6 Å². The van der Waals surface area contributed by atoms with Gasteiger partial charge in [-0.2, -0.15) is 9.67 Å². The van der Waals surface area contributed by atoms with E-state index in [1.54, 1.807) is 18.2 Å². The van der Waals surface area contributed by atoms with Crippen LogP contribution in [-0.2, 0) is 0 Å². The number of nitrogens with one attached hydrogen (secondary N) is 2. The third-order valence-electron chi connectivity index (χ3n) is 6.68. The van der Waals surface area contributed by atoms with Crippen molar-refractivity contribution in [2.24, 2.45) is 5.73 Å². The van der Waals surface area contributed by atoms with E-state index in [1.807, 2.05) is 72.2 Å². The molecule has 3 heterocycles. The molecule has 0 fully saturated rings. The second-order valence-corrected chi connectivity index (χ2v) is 9.61. The van der Waals surface area contributed by atoms with Crippen molar-refractivity contribution in [3.05, 3.63) is 101 Å². The number of H-pyrrole nitrogens is 2. The summed E-state index contributed by atoms with van der Waals surface area (Å²) in [6.07, 6.45) is 1.99. The summed E-state index contributed by atoms with van der Waals surface area (Å²) in [6, 6.07) is 22.7. The van der Waals surface area contributed by atoms with Crippen LogP contribution in [0.25, 0.3) is 44.7 Å². The Balaban J connectivity index is 1.55. The van der Waals surface area contributed by atoms with Crippen LogP contribution in [0, 0.1) is 6.92 Å². The van der Waals surface area contributed by atoms with Crippen LogP contribution in [0.4, 0.5) is 11.6 Å². The molecule has 0 aliphatic heterocycles. The van der Waals surface area contributed by atoms with Gasteiger partial charge in [0, 0.05) is 16.5 Å². The highest BCUT2D eigenvalue weighted by Crippen LogP contribution is 2.32. The summed E-state index contributed by atoms with van der Waals surface area (Å²) in [5.74, 6) is 0.936. The van der Waals surface area contributed by atoms with Gasteiger partial charge < -0.3 is 16.5 Å². The average molecular weight is 536 g/mol. The molecule has 0 aliphatic carbocycles. The SMILES string of the molecule is Cc1cc2cc(C(N)=O)ccc2c(N)[n+]1C(=Cc1ccccc1)c1nc(-c2ccc3c(N)n[nH]c3c2)c(Cl)[nH]1. The summed E-state index contributed by atoms with van der Waals surface area (Å²) in [6.45, 7) is 1.94. The Kier molecular flexibility index (Phi) is 5.77. The number of hydrogen-bond donors (Lipinski definition) is 5. The summed E-state index contributed by atoms with van der Waals surface area (Å²) >= 11 is 6.71. The van der Waals surface area contributed by atoms with Crippen molar-refractivity contribution in [3.8, 4) is 11.3 Å². The van der Waals surface area contributed by atoms with Crippen molar-refractivity contribution < 1.29 is 9.36 Å². The van der Waals surface area contributed by atoms with Crippen LogP contribution in [0.2, 0.25) is 5.15 Å². The van der Waals surface area contributed by atoms with Crippen LogP contribution in [0.3, 0.4) is 0 Å². The lowest BCUT2D eigenvalue weighted by Gasteiger charge is -2.12. The fraction of sp³-hybridized carbons (Fsp3) is 0.0345. The number of pyridine rings is 1. The number of aromatic nitrogens is 5. The van der Waals surface area contributed by atoms with E-state index in [0.717, 1.165) is 38.5 Å². The van der Waals surface area contributed by atoms with Crippen LogP contribution in [0.5, 0.6) is 0 Å². The zero-order valence-electron chi connectivity index (χ0n) is 20.9. The molecule has 6 aromatic rings. The third kappa shape index (κ3) is 4.24. The van der Waals surface area contributed by atoms with E-state index in [4.69, 9.17) is 33.8 Å². The quantitative estimate of drug-likeness (QED) is 0.203. The van der Waals surface area contributed by atoms with Gasteiger partial charge in [-0.1, -0.05) is 48.0 Å². The molecule has 0 radical (unpaired) electrons. The number of primary amides is 1. The number of rotatable bonds is 5. The van der Waals surface area contributed by atoms with Crippen LogP contribution in [0.1, 0.15) is 27.4 Å². The van der Waals surface area contributed by atoms with Gasteiger partial charge in [-0.25, -0.2) is 4.98 Å². The maximum absolute atomic E-state index is 11.7. The van der Waals surface area contributed by atoms with E-state index in [2.05, 4.69) is 15.2 Å². The van der Waals surface area contributed by atoms with Crippen molar-refractivity contribution in [2.75, 3.05) is 11.5 Å². The fourth-order valence-corrected chi connectivity index (χ4v) is 5.03. The summed E-state index contributed by atoms with van der Waals surface area (Å²) in [5.41, 5.74) is 23.2. The molecule has 0 atom stereocenters. The van der Waals surface area contributed by atoms with Gasteiger partial charge in [0.15, 0.2) is 17.3 Å². The minimum atomic E-state index is -0.497. The number of hydrogen-bond acceptors (Lipinski definition) is 5. The molecule has 8 N–H and O–H groups in total. The molecular formula is C29H24ClN8O+. The number of imidazole rings is 1. The maximum atomic E-state index is 11.7. The van der Waals surface area contributed by atoms with Gasteiger partial charge >= 0.3 is 0 Å². The summed E-state index contributed by atoms with van der Waals surface area (Å²) < 4.78 is 1.91. The minimum Gasteiger partial charge on any atom is -0.382 e. The van der Waals surface area contributed by atoms with Crippen molar-refractivity contribution in [2.45, 2.75) is 6.92 Å². The van der Waals surface area contributed by atoms with E-state index in [9.17, 15) is 4.79 Å². The first kappa shape index (κ1) is 24.2. The Labute approximate surface area is 227 Å². The lowest BCUT2D eigenvalue weighted by atomic mass is 10.1. The monoisotopic (exact) mass is 535 g/mol. The van der Waals surface area contributed by atoms with Crippen LogP contribution in [0.15, 0.2) is 72.8 Å². The predicted octanol–water partition coefficient (Wildman–Crippen LogP) is 4.67. The zero-order valence-corrected chi connectivity index (χ0v) is 21.6. The molecule has 1 amide bonds. The highest BCUT2D eigenvalue weighted by molar-refractivity contribution is 6.32. The van der Waals surface area contributed by atoms with Crippen molar-refractivity contribution in [3.63, 3.8) is 0 Å². The molecule has 192 valence electrons. The number of amides is 1. The molecule has 3 aromatic carbocycles. The second kappa shape index (κ2) is 9.30. The lowest BCUT2D eigenvalue weighted by molar-refractivity contribution is -0.568. The molecule has 0 bridgehead atoms. The number of nitrogen functional groups attached to an aromatic ring is 2. The van der Waals surface area contributed by atoms with Crippen LogP contribution < -0.4 is 21.8 Å². The van der Waals surface area contributed by atoms with E-state index in [1.165, 1.54) is 0 Å². The van der Waals surface area contributed by atoms with Crippen molar-refractivity contribution in [1.82, 2.24) is 20.2 Å². The molecule has 0 spiro atoms. The van der Waals surface area contributed by atoms with E-state index in [0.29, 0.717) is 39.6 Å². The highest BCUT2D eigenvalue weighted by Gasteiger charge is 2.24. The first-order valence-corrected chi connectivity index (χ1v) is 12.5. The number of anilines is 2. The number of aromatic amines is 2. The van der Waals surface area contributed by atoms with Gasteiger partial charge in [-0.15, -0.1) is 0 Å². The smallest absolute Gasteiger partial charge is 0.285 e. The number of fused-ring (bicyclic) bond motifs is 2. The Morgan fingerprint density at radius 1 is 1.00 bits per heavy atom. The minimum absolute atomic E-state index is 0.375. The second-order valence-electron chi connectivity index (χ2n) is 9.23. The van der Waals surface area contributed by atoms with Gasteiger partial charge in [0.05, 0.1) is 10.9 Å². The molecule has 3 aromatic heterocycles. The molecule has 6 rings (SSSR count).